The van der Waals surface area contributed by atoms with Gasteiger partial charge >= 0.3 is 5.69 Å². The highest BCUT2D eigenvalue weighted by Crippen LogP contribution is 2.39. The minimum atomic E-state index is -0.447. The van der Waals surface area contributed by atoms with Gasteiger partial charge in [0, 0.05) is 5.69 Å². The van der Waals surface area contributed by atoms with E-state index >= 15 is 0 Å². The predicted octanol–water partition coefficient (Wildman–Crippen LogP) is 6.24. The molecule has 0 aliphatic rings. The number of benzene rings is 2. The second-order valence-corrected chi connectivity index (χ2v) is 6.55. The van der Waals surface area contributed by atoms with E-state index in [1.54, 1.807) is 12.1 Å². The number of halogens is 1. The van der Waals surface area contributed by atoms with Gasteiger partial charge in [-0.2, -0.15) is 0 Å². The molecular formula is C18H21ClN2O2. The van der Waals surface area contributed by atoms with E-state index in [-0.39, 0.29) is 10.7 Å². The van der Waals surface area contributed by atoms with Crippen molar-refractivity contribution in [3.63, 3.8) is 0 Å². The van der Waals surface area contributed by atoms with Crippen LogP contribution in [-0.4, -0.2) is 4.92 Å². The van der Waals surface area contributed by atoms with Gasteiger partial charge in [-0.3, -0.25) is 10.1 Å². The van der Waals surface area contributed by atoms with E-state index in [4.69, 9.17) is 11.6 Å². The summed E-state index contributed by atoms with van der Waals surface area (Å²) in [4.78, 5) is 10.9. The molecule has 0 amide bonds. The highest BCUT2D eigenvalue weighted by Gasteiger charge is 2.21. The van der Waals surface area contributed by atoms with Gasteiger partial charge in [0.2, 0.25) is 0 Å². The predicted molar refractivity (Wildman–Crippen MR) is 96.0 cm³/mol. The van der Waals surface area contributed by atoms with Crippen LogP contribution in [0.15, 0.2) is 36.4 Å². The molecule has 2 rings (SSSR count). The molecule has 0 saturated heterocycles. The number of nitro groups is 1. The zero-order valence-corrected chi connectivity index (χ0v) is 14.5. The first-order valence-electron chi connectivity index (χ1n) is 7.65. The van der Waals surface area contributed by atoms with E-state index < -0.39 is 4.92 Å². The fourth-order valence-electron chi connectivity index (χ4n) is 2.63. The van der Waals surface area contributed by atoms with Gasteiger partial charge in [0.25, 0.3) is 0 Å². The summed E-state index contributed by atoms with van der Waals surface area (Å²) in [5.74, 6) is 0.601. The third-order valence-electron chi connectivity index (χ3n) is 3.80. The molecule has 0 fully saturated rings. The van der Waals surface area contributed by atoms with Crippen molar-refractivity contribution in [2.75, 3.05) is 5.32 Å². The van der Waals surface area contributed by atoms with Crippen LogP contribution in [0.4, 0.5) is 17.1 Å². The van der Waals surface area contributed by atoms with Crippen LogP contribution in [0.5, 0.6) is 0 Å². The van der Waals surface area contributed by atoms with Crippen molar-refractivity contribution in [3.8, 4) is 0 Å². The van der Waals surface area contributed by atoms with E-state index in [0.29, 0.717) is 17.5 Å². The average Bonchev–Trinajstić information content (AvgIpc) is 2.46. The summed E-state index contributed by atoms with van der Waals surface area (Å²) in [6, 6.07) is 11.1. The average molecular weight is 333 g/mol. The molecule has 5 heteroatoms. The first kappa shape index (κ1) is 17.3. The Morgan fingerprint density at radius 2 is 1.52 bits per heavy atom. The summed E-state index contributed by atoms with van der Waals surface area (Å²) in [5.41, 5.74) is 3.51. The third kappa shape index (κ3) is 3.64. The molecule has 2 aromatic rings. The molecule has 0 aliphatic heterocycles. The minimum Gasteiger partial charge on any atom is -0.349 e. The van der Waals surface area contributed by atoms with Crippen molar-refractivity contribution in [2.45, 2.75) is 39.5 Å². The molecule has 0 heterocycles. The molecule has 122 valence electrons. The van der Waals surface area contributed by atoms with Crippen molar-refractivity contribution in [3.05, 3.63) is 62.7 Å². The molecule has 4 nitrogen and oxygen atoms in total. The summed E-state index contributed by atoms with van der Waals surface area (Å²) in [7, 11) is 0. The van der Waals surface area contributed by atoms with Gasteiger partial charge in [-0.25, -0.2) is 0 Å². The van der Waals surface area contributed by atoms with E-state index in [2.05, 4.69) is 45.1 Å². The van der Waals surface area contributed by atoms with Crippen LogP contribution in [0, 0.1) is 10.1 Å². The molecular weight excluding hydrogens is 312 g/mol. The van der Waals surface area contributed by atoms with Crippen molar-refractivity contribution >= 4 is 28.7 Å². The Hall–Kier alpha value is -2.07. The number of hydrogen-bond acceptors (Lipinski definition) is 3. The number of para-hydroxylation sites is 2. The Bertz CT molecular complexity index is 701. The van der Waals surface area contributed by atoms with Crippen LogP contribution < -0.4 is 5.32 Å². The quantitative estimate of drug-likeness (QED) is 0.521. The van der Waals surface area contributed by atoms with Crippen LogP contribution in [0.2, 0.25) is 5.02 Å². The highest BCUT2D eigenvalue weighted by atomic mass is 35.5. The number of rotatable bonds is 5. The first-order valence-corrected chi connectivity index (χ1v) is 8.03. The third-order valence-corrected chi connectivity index (χ3v) is 4.11. The number of nitrogens with one attached hydrogen (secondary N) is 1. The molecule has 0 aromatic heterocycles. The Balaban J connectivity index is 2.61. The second-order valence-electron chi connectivity index (χ2n) is 6.14. The van der Waals surface area contributed by atoms with Gasteiger partial charge in [0.15, 0.2) is 0 Å². The number of nitro benzene ring substituents is 1. The summed E-state index contributed by atoms with van der Waals surface area (Å²) in [5, 5.41) is 14.8. The van der Waals surface area contributed by atoms with Gasteiger partial charge in [0.05, 0.1) is 4.92 Å². The summed E-state index contributed by atoms with van der Waals surface area (Å²) >= 11 is 6.01. The Morgan fingerprint density at radius 1 is 1.00 bits per heavy atom. The molecule has 0 radical (unpaired) electrons. The minimum absolute atomic E-state index is 0.0950. The molecule has 2 aromatic carbocycles. The van der Waals surface area contributed by atoms with Crippen molar-refractivity contribution in [1.82, 2.24) is 0 Å². The van der Waals surface area contributed by atoms with Gasteiger partial charge in [-0.15, -0.1) is 0 Å². The molecule has 0 spiro atoms. The fourth-order valence-corrected chi connectivity index (χ4v) is 2.88. The van der Waals surface area contributed by atoms with E-state index in [9.17, 15) is 10.1 Å². The molecule has 0 saturated carbocycles. The van der Waals surface area contributed by atoms with Gasteiger partial charge in [-0.05, 0) is 35.1 Å². The zero-order chi connectivity index (χ0) is 17.1. The number of nitrogens with zero attached hydrogens (tertiary/aromatic N) is 1. The molecule has 0 bridgehead atoms. The van der Waals surface area contributed by atoms with Gasteiger partial charge < -0.3 is 5.32 Å². The topological polar surface area (TPSA) is 55.2 Å². The summed E-state index contributed by atoms with van der Waals surface area (Å²) in [6.45, 7) is 8.43. The van der Waals surface area contributed by atoms with Crippen LogP contribution >= 0.6 is 11.6 Å². The standard InChI is InChI=1S/C18H21ClN2O2/c1-11(2)13-7-5-8-14(12(3)4)17(13)20-16-10-6-9-15(19)18(16)21(22)23/h5-12,20H,1-4H3. The lowest BCUT2D eigenvalue weighted by atomic mass is 9.92. The number of hydrogen-bond donors (Lipinski definition) is 1. The maximum atomic E-state index is 11.4. The summed E-state index contributed by atoms with van der Waals surface area (Å²) in [6.07, 6.45) is 0. The molecule has 0 aliphatic carbocycles. The van der Waals surface area contributed by atoms with Crippen LogP contribution in [0.1, 0.15) is 50.7 Å². The molecule has 1 N–H and O–H groups in total. The number of anilines is 2. The lowest BCUT2D eigenvalue weighted by molar-refractivity contribution is -0.383. The van der Waals surface area contributed by atoms with Gasteiger partial charge in [-0.1, -0.05) is 63.6 Å². The first-order chi connectivity index (χ1) is 10.8. The Morgan fingerprint density at radius 3 is 2.00 bits per heavy atom. The fraction of sp³-hybridized carbons (Fsp3) is 0.333. The Labute approximate surface area is 141 Å². The monoisotopic (exact) mass is 332 g/mol. The van der Waals surface area contributed by atoms with Crippen molar-refractivity contribution in [1.29, 1.82) is 0 Å². The lowest BCUT2D eigenvalue weighted by Gasteiger charge is -2.21. The van der Waals surface area contributed by atoms with Crippen LogP contribution in [-0.2, 0) is 0 Å². The SMILES string of the molecule is CC(C)c1cccc(C(C)C)c1Nc1cccc(Cl)c1[N+](=O)[O-]. The normalized spacial score (nSPS) is 11.1. The zero-order valence-electron chi connectivity index (χ0n) is 13.8. The van der Waals surface area contributed by atoms with Crippen LogP contribution in [0.25, 0.3) is 0 Å². The van der Waals surface area contributed by atoms with E-state index in [1.807, 2.05) is 6.07 Å². The van der Waals surface area contributed by atoms with E-state index in [1.165, 1.54) is 6.07 Å². The summed E-state index contributed by atoms with van der Waals surface area (Å²) < 4.78 is 0. The molecule has 0 atom stereocenters. The van der Waals surface area contributed by atoms with Gasteiger partial charge in [0.1, 0.15) is 10.7 Å². The van der Waals surface area contributed by atoms with Crippen molar-refractivity contribution < 1.29 is 4.92 Å². The largest absolute Gasteiger partial charge is 0.349 e. The molecule has 23 heavy (non-hydrogen) atoms. The van der Waals surface area contributed by atoms with Crippen LogP contribution in [0.3, 0.4) is 0 Å². The van der Waals surface area contributed by atoms with Crippen molar-refractivity contribution in [2.24, 2.45) is 0 Å². The molecule has 0 unspecified atom stereocenters. The maximum Gasteiger partial charge on any atom is 0.311 e. The maximum absolute atomic E-state index is 11.4. The Kier molecular flexibility index (Phi) is 5.26. The lowest BCUT2D eigenvalue weighted by Crippen LogP contribution is -2.05. The van der Waals surface area contributed by atoms with E-state index in [0.717, 1.165) is 16.8 Å². The smallest absolute Gasteiger partial charge is 0.311 e. The second kappa shape index (κ2) is 7.01. The highest BCUT2D eigenvalue weighted by molar-refractivity contribution is 6.33.